The fourth-order valence-electron chi connectivity index (χ4n) is 0. The third-order valence-corrected chi connectivity index (χ3v) is 0. The van der Waals surface area contributed by atoms with Crippen molar-refractivity contribution in [2.75, 3.05) is 0 Å². The molecule has 0 aliphatic carbocycles. The van der Waals surface area contributed by atoms with Gasteiger partial charge in [0.25, 0.3) is 0 Å². The van der Waals surface area contributed by atoms with Crippen LogP contribution in [0.15, 0.2) is 0 Å². The number of hydrogen-bond donors (Lipinski definition) is 3. The summed E-state index contributed by atoms with van der Waals surface area (Å²) in [5.74, 6) is 0. The first-order chi connectivity index (χ1) is 2.00. The van der Waals surface area contributed by atoms with Crippen LogP contribution >= 0.6 is 7.82 Å². The summed E-state index contributed by atoms with van der Waals surface area (Å²) >= 11 is 0. The Labute approximate surface area is 114 Å². The van der Waals surface area contributed by atoms with Crippen LogP contribution in [0.1, 0.15) is 5.71 Å². The Bertz CT molecular complexity index is 74.7. The Balaban J connectivity index is -0.00000000286. The van der Waals surface area contributed by atoms with Gasteiger partial charge in [-0.05, 0) is 0 Å². The van der Waals surface area contributed by atoms with E-state index in [2.05, 4.69) is 0 Å². The third-order valence-electron chi connectivity index (χ3n) is 0. The van der Waals surface area contributed by atoms with Crippen molar-refractivity contribution in [3.8, 4) is 0 Å². The van der Waals surface area contributed by atoms with Gasteiger partial charge in [-0.1, -0.05) is 0 Å². The molecule has 0 amide bonds. The smallest absolute Gasteiger partial charge is 1.00 e. The van der Waals surface area contributed by atoms with E-state index in [0.717, 1.165) is 0 Å². The van der Waals surface area contributed by atoms with Crippen LogP contribution in [0.2, 0.25) is 0 Å². The van der Waals surface area contributed by atoms with Crippen molar-refractivity contribution in [1.82, 2.24) is 0 Å². The molecule has 0 aromatic rings. The minimum Gasteiger partial charge on any atom is -1.00 e. The normalized spacial score (nSPS) is 6.56. The van der Waals surface area contributed by atoms with Crippen molar-refractivity contribution >= 4 is 68.6 Å². The second-order valence-electron chi connectivity index (χ2n) is 0.513. The summed E-state index contributed by atoms with van der Waals surface area (Å²) in [5, 5.41) is 0. The van der Waals surface area contributed by atoms with Crippen LogP contribution in [0.25, 0.3) is 0 Å². The molecule has 0 aromatic heterocycles. The maximum absolute atomic E-state index is 8.88. The molecule has 9 heavy (non-hydrogen) atoms. The Hall–Kier alpha value is 2.59. The van der Waals surface area contributed by atoms with Gasteiger partial charge in [-0.2, -0.15) is 0 Å². The predicted octanol–water partition coefficient (Wildman–Crippen LogP) is -2.07. The Kier molecular flexibility index (Phi) is 43.9. The average Bonchev–Trinajstić information content (AvgIpc) is 0.722. The number of phosphoric acid groups is 1. The molecule has 0 rings (SSSR count). The van der Waals surface area contributed by atoms with Gasteiger partial charge in [0, 0.05) is 16.5 Å². The topological polar surface area (TPSA) is 109 Å². The predicted molar refractivity (Wildman–Crippen MR) is 33.8 cm³/mol. The molecule has 0 aromatic carbocycles. The quantitative estimate of drug-likeness (QED) is 0.335. The Morgan fingerprint density at radius 1 is 1.22 bits per heavy atom. The van der Waals surface area contributed by atoms with E-state index >= 15 is 0 Å². The van der Waals surface area contributed by atoms with Gasteiger partial charge in [0.05, 0.1) is 0 Å². The van der Waals surface area contributed by atoms with Crippen LogP contribution in [-0.4, -0.2) is 80.9 Å². The first-order valence-electron chi connectivity index (χ1n) is 0.783. The van der Waals surface area contributed by atoms with E-state index < -0.39 is 7.82 Å². The fraction of sp³-hybridized carbons (Fsp3) is 0. The van der Waals surface area contributed by atoms with Crippen molar-refractivity contribution in [3.05, 3.63) is 0 Å². The summed E-state index contributed by atoms with van der Waals surface area (Å²) in [7, 11) is -4.64. The van der Waals surface area contributed by atoms with Crippen LogP contribution in [0, 0.1) is 0 Å². The standard InChI is InChI=1S/Ca.Mg.Ni.H3O4P.H2O.4H/c;;;1-5(2,3)4;;;;;/h;;;(H3,1,2,3,4);1H2;;;;/q2*+2;;;;4*-1. The van der Waals surface area contributed by atoms with E-state index in [0.29, 0.717) is 0 Å². The summed E-state index contributed by atoms with van der Waals surface area (Å²) in [6, 6.07) is 0. The largest absolute Gasteiger partial charge is 2.00 e. The first-order valence-corrected chi connectivity index (χ1v) is 2.35. The SMILES string of the molecule is O.O=P(O)(O)O.[Ca+2].[H-].[H-].[H-].[H-].[Mg+2].[Ni]. The molecule has 0 heterocycles. The molecular weight excluding hydrogens is 234 g/mol. The maximum Gasteiger partial charge on any atom is 2.00 e. The van der Waals surface area contributed by atoms with Crippen molar-refractivity contribution in [1.29, 1.82) is 0 Å². The van der Waals surface area contributed by atoms with Gasteiger partial charge in [-0.25, -0.2) is 4.57 Å². The first kappa shape index (κ1) is 29.9. The molecule has 5 N–H and O–H groups in total. The van der Waals surface area contributed by atoms with Crippen LogP contribution in [0.4, 0.5) is 0 Å². The molecule has 0 atom stereocenters. The summed E-state index contributed by atoms with van der Waals surface area (Å²) in [5.41, 5.74) is 0. The average molecular weight is 243 g/mol. The summed E-state index contributed by atoms with van der Waals surface area (Å²) < 4.78 is 8.88. The van der Waals surface area contributed by atoms with E-state index in [9.17, 15) is 0 Å². The number of hydrogen-bond acceptors (Lipinski definition) is 1. The zero-order valence-electron chi connectivity index (χ0n) is 8.43. The van der Waals surface area contributed by atoms with Crippen molar-refractivity contribution in [2.45, 2.75) is 0 Å². The monoisotopic (exact) mass is 242 g/mol. The molecule has 0 saturated heterocycles. The van der Waals surface area contributed by atoms with Crippen molar-refractivity contribution < 1.29 is 46.9 Å². The zero-order valence-corrected chi connectivity index (χ0v) is 9.93. The van der Waals surface area contributed by atoms with Gasteiger partial charge in [0.2, 0.25) is 0 Å². The van der Waals surface area contributed by atoms with Gasteiger partial charge in [0.1, 0.15) is 0 Å². The Morgan fingerprint density at radius 2 is 1.22 bits per heavy atom. The molecule has 9 heteroatoms. The van der Waals surface area contributed by atoms with E-state index in [4.69, 9.17) is 19.2 Å². The van der Waals surface area contributed by atoms with Gasteiger partial charge in [-0.3, -0.25) is 0 Å². The maximum atomic E-state index is 8.88. The van der Waals surface area contributed by atoms with Gasteiger partial charge < -0.3 is 25.9 Å². The fourth-order valence-corrected chi connectivity index (χ4v) is 0. The molecule has 0 aliphatic rings. The van der Waals surface area contributed by atoms with Gasteiger partial charge in [-0.15, -0.1) is 0 Å². The van der Waals surface area contributed by atoms with Gasteiger partial charge >= 0.3 is 68.6 Å². The minimum absolute atomic E-state index is 0. The summed E-state index contributed by atoms with van der Waals surface area (Å²) in [6.07, 6.45) is 0. The molecule has 0 fully saturated rings. The summed E-state index contributed by atoms with van der Waals surface area (Å²) in [4.78, 5) is 21.6. The summed E-state index contributed by atoms with van der Waals surface area (Å²) in [6.45, 7) is 0. The number of rotatable bonds is 0. The molecule has 58 valence electrons. The van der Waals surface area contributed by atoms with E-state index in [1.165, 1.54) is 0 Å². The third kappa shape index (κ3) is 117. The van der Waals surface area contributed by atoms with E-state index in [1.807, 2.05) is 0 Å². The molecule has 0 saturated carbocycles. The minimum atomic E-state index is -4.64. The van der Waals surface area contributed by atoms with Crippen LogP contribution in [0.5, 0.6) is 0 Å². The van der Waals surface area contributed by atoms with Crippen molar-refractivity contribution in [3.63, 3.8) is 0 Å². The molecule has 5 nitrogen and oxygen atoms in total. The molecule has 0 bridgehead atoms. The van der Waals surface area contributed by atoms with Crippen LogP contribution in [0.3, 0.4) is 0 Å². The van der Waals surface area contributed by atoms with E-state index in [1.54, 1.807) is 0 Å². The second kappa shape index (κ2) is 13.2. The Morgan fingerprint density at radius 3 is 1.22 bits per heavy atom. The van der Waals surface area contributed by atoms with Crippen molar-refractivity contribution in [2.24, 2.45) is 0 Å². The zero-order chi connectivity index (χ0) is 4.50. The van der Waals surface area contributed by atoms with E-state index in [-0.39, 0.29) is 88.5 Å². The molecule has 0 radical (unpaired) electrons. The molecule has 0 unspecified atom stereocenters. The van der Waals surface area contributed by atoms with Crippen LogP contribution < -0.4 is 0 Å². The van der Waals surface area contributed by atoms with Crippen LogP contribution in [-0.2, 0) is 21.1 Å². The molecule has 0 spiro atoms. The molecular formula is H9CaMgNiO5P. The van der Waals surface area contributed by atoms with Gasteiger partial charge in [0.15, 0.2) is 0 Å². The second-order valence-corrected chi connectivity index (χ2v) is 1.54. The molecule has 0 aliphatic heterocycles.